The van der Waals surface area contributed by atoms with Gasteiger partial charge in [0.25, 0.3) is 0 Å². The van der Waals surface area contributed by atoms with Crippen LogP contribution in [0, 0.1) is 17.7 Å². The molecule has 1 aromatic rings. The maximum atomic E-state index is 13.9. The summed E-state index contributed by atoms with van der Waals surface area (Å²) in [5, 5.41) is 8.33. The van der Waals surface area contributed by atoms with Crippen molar-refractivity contribution in [3.8, 4) is 0 Å². The normalized spacial score (nSPS) is 32.7. The van der Waals surface area contributed by atoms with E-state index in [1.807, 2.05) is 6.92 Å². The van der Waals surface area contributed by atoms with Crippen molar-refractivity contribution in [2.75, 3.05) is 16.8 Å². The zero-order valence-electron chi connectivity index (χ0n) is 13.6. The molecular formula is C17H18FN3O3S. The van der Waals surface area contributed by atoms with Crippen LogP contribution in [-0.2, 0) is 19.9 Å². The Bertz CT molecular complexity index is 786. The van der Waals surface area contributed by atoms with Crippen LogP contribution in [0.5, 0.6) is 0 Å². The van der Waals surface area contributed by atoms with Crippen molar-refractivity contribution in [1.82, 2.24) is 10.6 Å². The van der Waals surface area contributed by atoms with E-state index in [4.69, 9.17) is 0 Å². The average molecular weight is 363 g/mol. The number of anilines is 1. The van der Waals surface area contributed by atoms with Crippen LogP contribution < -0.4 is 16.0 Å². The molecule has 3 aliphatic rings. The molecule has 3 aliphatic heterocycles. The van der Waals surface area contributed by atoms with Gasteiger partial charge in [-0.2, -0.15) is 11.8 Å². The van der Waals surface area contributed by atoms with E-state index in [2.05, 4.69) is 16.0 Å². The number of nitrogens with one attached hydrogen (secondary N) is 3. The number of carbonyl (C=O) groups is 3. The second-order valence-corrected chi connectivity index (χ2v) is 7.94. The van der Waals surface area contributed by atoms with Crippen LogP contribution in [0.4, 0.5) is 10.1 Å². The van der Waals surface area contributed by atoms with Gasteiger partial charge in [0, 0.05) is 17.3 Å². The van der Waals surface area contributed by atoms with Crippen molar-refractivity contribution in [3.05, 3.63) is 29.6 Å². The van der Waals surface area contributed by atoms with Gasteiger partial charge in [-0.05, 0) is 36.1 Å². The third kappa shape index (κ3) is 2.23. The fourth-order valence-electron chi connectivity index (χ4n) is 4.30. The van der Waals surface area contributed by atoms with Gasteiger partial charge >= 0.3 is 0 Å². The molecule has 1 spiro atoms. The minimum atomic E-state index is -1.39. The Morgan fingerprint density at radius 1 is 1.20 bits per heavy atom. The Labute approximate surface area is 148 Å². The van der Waals surface area contributed by atoms with Gasteiger partial charge in [0.1, 0.15) is 11.4 Å². The highest BCUT2D eigenvalue weighted by molar-refractivity contribution is 7.99. The number of hydrogen-bond donors (Lipinski definition) is 3. The van der Waals surface area contributed by atoms with Crippen molar-refractivity contribution >= 4 is 35.2 Å². The van der Waals surface area contributed by atoms with Gasteiger partial charge in [-0.25, -0.2) is 4.39 Å². The first kappa shape index (κ1) is 16.5. The molecule has 3 heterocycles. The topological polar surface area (TPSA) is 87.3 Å². The minimum absolute atomic E-state index is 0.310. The molecule has 25 heavy (non-hydrogen) atoms. The molecule has 0 saturated carbocycles. The SMILES string of the molecule is CCSCC[C@@H]1N[C@@]2(C(=O)Nc3ccc(F)cc32)[C@@H]2C(=O)NC(=O)[C@H]12. The van der Waals surface area contributed by atoms with Crippen LogP contribution in [0.15, 0.2) is 18.2 Å². The van der Waals surface area contributed by atoms with E-state index in [9.17, 15) is 18.8 Å². The van der Waals surface area contributed by atoms with Crippen LogP contribution in [0.1, 0.15) is 18.9 Å². The number of benzene rings is 1. The second-order valence-electron chi connectivity index (χ2n) is 6.55. The Morgan fingerprint density at radius 2 is 2.00 bits per heavy atom. The number of fused-ring (bicyclic) bond motifs is 4. The van der Waals surface area contributed by atoms with E-state index in [1.165, 1.54) is 18.2 Å². The lowest BCUT2D eigenvalue weighted by atomic mass is 9.76. The molecule has 0 radical (unpaired) electrons. The molecule has 0 unspecified atom stereocenters. The largest absolute Gasteiger partial charge is 0.324 e. The van der Waals surface area contributed by atoms with Crippen molar-refractivity contribution < 1.29 is 18.8 Å². The third-order valence-corrected chi connectivity index (χ3v) is 6.23. The predicted molar refractivity (Wildman–Crippen MR) is 91.4 cm³/mol. The van der Waals surface area contributed by atoms with Gasteiger partial charge in [-0.3, -0.25) is 25.0 Å². The summed E-state index contributed by atoms with van der Waals surface area (Å²) in [7, 11) is 0. The van der Waals surface area contributed by atoms with Gasteiger partial charge in [0.15, 0.2) is 0 Å². The monoisotopic (exact) mass is 363 g/mol. The number of halogens is 1. The first-order valence-corrected chi connectivity index (χ1v) is 9.46. The van der Waals surface area contributed by atoms with Crippen molar-refractivity contribution in [1.29, 1.82) is 0 Å². The van der Waals surface area contributed by atoms with Gasteiger partial charge in [0.2, 0.25) is 17.7 Å². The Hall–Kier alpha value is -1.93. The highest BCUT2D eigenvalue weighted by atomic mass is 32.2. The highest BCUT2D eigenvalue weighted by Gasteiger charge is 2.68. The molecule has 0 bridgehead atoms. The predicted octanol–water partition coefficient (Wildman–Crippen LogP) is 0.977. The molecular weight excluding hydrogens is 345 g/mol. The Morgan fingerprint density at radius 3 is 2.76 bits per heavy atom. The maximum Gasteiger partial charge on any atom is 0.250 e. The molecule has 0 aromatic heterocycles. The second kappa shape index (κ2) is 5.81. The molecule has 1 aromatic carbocycles. The summed E-state index contributed by atoms with van der Waals surface area (Å²) in [6.07, 6.45) is 0.653. The van der Waals surface area contributed by atoms with E-state index in [0.29, 0.717) is 17.7 Å². The van der Waals surface area contributed by atoms with Gasteiger partial charge < -0.3 is 5.32 Å². The standard InChI is InChI=1S/C17H18FN3O3S/c1-2-25-6-5-11-12-13(15(23)20-14(12)22)17(21-11)9-7-8(18)3-4-10(9)19-16(17)24/h3-4,7,11-13,21H,2,5-6H2,1H3,(H,19,24)(H,20,22,23)/t11-,12+,13-,17+/m0/s1. The minimum Gasteiger partial charge on any atom is -0.324 e. The number of hydrogen-bond acceptors (Lipinski definition) is 5. The fourth-order valence-corrected chi connectivity index (χ4v) is 5.01. The third-order valence-electron chi connectivity index (χ3n) is 5.29. The van der Waals surface area contributed by atoms with E-state index >= 15 is 0 Å². The zero-order chi connectivity index (χ0) is 17.8. The van der Waals surface area contributed by atoms with E-state index in [-0.39, 0.29) is 11.9 Å². The average Bonchev–Trinajstić information content (AvgIpc) is 3.16. The van der Waals surface area contributed by atoms with Crippen molar-refractivity contribution in [2.24, 2.45) is 11.8 Å². The Kier molecular flexibility index (Phi) is 3.84. The molecule has 8 heteroatoms. The molecule has 2 fully saturated rings. The zero-order valence-corrected chi connectivity index (χ0v) is 14.4. The lowest BCUT2D eigenvalue weighted by molar-refractivity contribution is -0.132. The summed E-state index contributed by atoms with van der Waals surface area (Å²) in [5.41, 5.74) is -0.503. The summed E-state index contributed by atoms with van der Waals surface area (Å²) in [6.45, 7) is 2.05. The molecule has 3 N–H and O–H groups in total. The van der Waals surface area contributed by atoms with Crippen LogP contribution in [0.2, 0.25) is 0 Å². The number of thioether (sulfide) groups is 1. The van der Waals surface area contributed by atoms with Crippen LogP contribution >= 0.6 is 11.8 Å². The summed E-state index contributed by atoms with van der Waals surface area (Å²) >= 11 is 1.73. The summed E-state index contributed by atoms with van der Waals surface area (Å²) in [4.78, 5) is 37.7. The summed E-state index contributed by atoms with van der Waals surface area (Å²) in [6, 6.07) is 3.72. The van der Waals surface area contributed by atoms with Gasteiger partial charge in [-0.1, -0.05) is 6.92 Å². The smallest absolute Gasteiger partial charge is 0.250 e. The molecule has 132 valence electrons. The lowest BCUT2D eigenvalue weighted by Crippen LogP contribution is -2.52. The summed E-state index contributed by atoms with van der Waals surface area (Å²) < 4.78 is 13.9. The van der Waals surface area contributed by atoms with E-state index in [0.717, 1.165) is 11.5 Å². The lowest BCUT2D eigenvalue weighted by Gasteiger charge is -2.27. The quantitative estimate of drug-likeness (QED) is 0.548. The van der Waals surface area contributed by atoms with Crippen molar-refractivity contribution in [2.45, 2.75) is 24.9 Å². The number of carbonyl (C=O) groups excluding carboxylic acids is 3. The maximum absolute atomic E-state index is 13.9. The number of imide groups is 1. The first-order valence-electron chi connectivity index (χ1n) is 8.30. The van der Waals surface area contributed by atoms with Crippen LogP contribution in [0.25, 0.3) is 0 Å². The number of amides is 3. The summed E-state index contributed by atoms with van der Waals surface area (Å²) in [5.74, 6) is -1.44. The molecule has 4 atom stereocenters. The van der Waals surface area contributed by atoms with Gasteiger partial charge in [-0.15, -0.1) is 0 Å². The number of rotatable bonds is 4. The molecule has 0 aliphatic carbocycles. The molecule has 6 nitrogen and oxygen atoms in total. The van der Waals surface area contributed by atoms with Crippen LogP contribution in [0.3, 0.4) is 0 Å². The van der Waals surface area contributed by atoms with E-state index in [1.54, 1.807) is 11.8 Å². The van der Waals surface area contributed by atoms with Gasteiger partial charge in [0.05, 0.1) is 11.8 Å². The highest BCUT2D eigenvalue weighted by Crippen LogP contribution is 2.51. The van der Waals surface area contributed by atoms with Crippen molar-refractivity contribution in [3.63, 3.8) is 0 Å². The Balaban J connectivity index is 1.79. The first-order chi connectivity index (χ1) is 12.0. The van der Waals surface area contributed by atoms with E-state index < -0.39 is 35.0 Å². The molecule has 2 saturated heterocycles. The molecule has 3 amide bonds. The van der Waals surface area contributed by atoms with Crippen LogP contribution in [-0.4, -0.2) is 35.3 Å². The fraction of sp³-hybridized carbons (Fsp3) is 0.471. The molecule has 4 rings (SSSR count).